The number of halogens is 3. The Morgan fingerprint density at radius 3 is 2.47 bits per heavy atom. The minimum Gasteiger partial charge on any atom is -0.390 e. The van der Waals surface area contributed by atoms with E-state index in [0.717, 1.165) is 37.7 Å². The zero-order valence-electron chi connectivity index (χ0n) is 16.5. The van der Waals surface area contributed by atoms with Gasteiger partial charge in [0.15, 0.2) is 0 Å². The number of aliphatic hydroxyl groups excluding tert-OH is 1. The molecule has 8 heteroatoms. The van der Waals surface area contributed by atoms with E-state index in [0.29, 0.717) is 16.6 Å². The molecule has 160 valence electrons. The van der Waals surface area contributed by atoms with Crippen LogP contribution >= 0.6 is 27.5 Å². The number of carbonyl (C=O) groups is 1. The fourth-order valence-corrected chi connectivity index (χ4v) is 4.58. The lowest BCUT2D eigenvalue weighted by atomic mass is 10.1. The van der Waals surface area contributed by atoms with Crippen molar-refractivity contribution in [2.45, 2.75) is 18.7 Å². The Morgan fingerprint density at radius 1 is 1.10 bits per heavy atom. The SMILES string of the molecule is O=C(c1ccc(Br)c(F)c1)N1CC(O)C(N2CCN(Cc3ccc(Cl)cc3)CC2)C1. The molecule has 5 nitrogen and oxygen atoms in total. The van der Waals surface area contributed by atoms with Gasteiger partial charge in [0.1, 0.15) is 5.82 Å². The number of hydrogen-bond acceptors (Lipinski definition) is 4. The number of aliphatic hydroxyl groups is 1. The van der Waals surface area contributed by atoms with Gasteiger partial charge in [0.25, 0.3) is 5.91 Å². The van der Waals surface area contributed by atoms with Crippen LogP contribution in [-0.2, 0) is 6.54 Å². The molecule has 0 aromatic heterocycles. The van der Waals surface area contributed by atoms with Crippen molar-refractivity contribution in [3.63, 3.8) is 0 Å². The molecule has 2 unspecified atom stereocenters. The molecule has 1 N–H and O–H groups in total. The molecule has 2 aliphatic rings. The fraction of sp³-hybridized carbons (Fsp3) is 0.409. The van der Waals surface area contributed by atoms with E-state index >= 15 is 0 Å². The highest BCUT2D eigenvalue weighted by atomic mass is 79.9. The average molecular weight is 497 g/mol. The molecule has 30 heavy (non-hydrogen) atoms. The summed E-state index contributed by atoms with van der Waals surface area (Å²) in [5.74, 6) is -0.710. The normalized spacial score (nSPS) is 23.1. The van der Waals surface area contributed by atoms with Gasteiger partial charge in [-0.15, -0.1) is 0 Å². The maximum Gasteiger partial charge on any atom is 0.254 e. The second-order valence-electron chi connectivity index (χ2n) is 7.91. The van der Waals surface area contributed by atoms with Crippen molar-refractivity contribution in [1.82, 2.24) is 14.7 Å². The van der Waals surface area contributed by atoms with Crippen LogP contribution in [0.25, 0.3) is 0 Å². The van der Waals surface area contributed by atoms with Gasteiger partial charge in [-0.05, 0) is 51.8 Å². The number of hydrogen-bond donors (Lipinski definition) is 1. The summed E-state index contributed by atoms with van der Waals surface area (Å²) in [6, 6.07) is 12.2. The maximum atomic E-state index is 13.8. The lowest BCUT2D eigenvalue weighted by molar-refractivity contribution is 0.0423. The summed E-state index contributed by atoms with van der Waals surface area (Å²) in [5, 5.41) is 11.3. The number of benzene rings is 2. The number of piperazine rings is 1. The third-order valence-corrected chi connectivity index (χ3v) is 6.80. The second kappa shape index (κ2) is 9.32. The van der Waals surface area contributed by atoms with Crippen molar-refractivity contribution in [2.75, 3.05) is 39.3 Å². The van der Waals surface area contributed by atoms with Crippen LogP contribution in [0.3, 0.4) is 0 Å². The molecule has 0 bridgehead atoms. The Kier molecular flexibility index (Phi) is 6.75. The Balaban J connectivity index is 1.32. The molecule has 2 aromatic rings. The molecule has 0 radical (unpaired) electrons. The van der Waals surface area contributed by atoms with Crippen LogP contribution in [0, 0.1) is 5.82 Å². The van der Waals surface area contributed by atoms with Crippen LogP contribution in [0.1, 0.15) is 15.9 Å². The summed E-state index contributed by atoms with van der Waals surface area (Å²) >= 11 is 9.06. The average Bonchev–Trinajstić information content (AvgIpc) is 3.13. The fourth-order valence-electron chi connectivity index (χ4n) is 4.21. The molecule has 0 spiro atoms. The van der Waals surface area contributed by atoms with Crippen molar-refractivity contribution >= 4 is 33.4 Å². The van der Waals surface area contributed by atoms with Gasteiger partial charge < -0.3 is 10.0 Å². The molecule has 4 rings (SSSR count). The summed E-state index contributed by atoms with van der Waals surface area (Å²) in [6.07, 6.45) is -0.600. The quantitative estimate of drug-likeness (QED) is 0.706. The number of amides is 1. The van der Waals surface area contributed by atoms with E-state index in [4.69, 9.17) is 11.6 Å². The number of carbonyl (C=O) groups excluding carboxylic acids is 1. The maximum absolute atomic E-state index is 13.8. The first-order valence-electron chi connectivity index (χ1n) is 10.0. The van der Waals surface area contributed by atoms with Gasteiger partial charge >= 0.3 is 0 Å². The van der Waals surface area contributed by atoms with Gasteiger partial charge in [-0.2, -0.15) is 0 Å². The van der Waals surface area contributed by atoms with E-state index in [-0.39, 0.29) is 18.5 Å². The van der Waals surface area contributed by atoms with Crippen molar-refractivity contribution < 1.29 is 14.3 Å². The second-order valence-corrected chi connectivity index (χ2v) is 9.20. The van der Waals surface area contributed by atoms with Gasteiger partial charge in [-0.25, -0.2) is 4.39 Å². The van der Waals surface area contributed by atoms with Crippen molar-refractivity contribution in [3.05, 3.63) is 68.9 Å². The van der Waals surface area contributed by atoms with E-state index in [1.165, 1.54) is 17.7 Å². The molecule has 1 amide bonds. The Hall–Kier alpha value is -1.51. The third kappa shape index (κ3) is 4.86. The molecule has 2 aromatic carbocycles. The van der Waals surface area contributed by atoms with Gasteiger partial charge in [0.2, 0.25) is 0 Å². The van der Waals surface area contributed by atoms with E-state index in [1.807, 2.05) is 24.3 Å². The Morgan fingerprint density at radius 2 is 1.80 bits per heavy atom. The summed E-state index contributed by atoms with van der Waals surface area (Å²) in [6.45, 7) is 5.07. The first kappa shape index (κ1) is 21.7. The van der Waals surface area contributed by atoms with E-state index in [1.54, 1.807) is 11.0 Å². The minimum atomic E-state index is -0.600. The summed E-state index contributed by atoms with van der Waals surface area (Å²) in [4.78, 5) is 19.0. The van der Waals surface area contributed by atoms with Crippen LogP contribution in [-0.4, -0.2) is 77.1 Å². The molecule has 2 saturated heterocycles. The van der Waals surface area contributed by atoms with Crippen molar-refractivity contribution in [1.29, 1.82) is 0 Å². The summed E-state index contributed by atoms with van der Waals surface area (Å²) < 4.78 is 14.1. The van der Waals surface area contributed by atoms with Crippen molar-refractivity contribution in [2.24, 2.45) is 0 Å². The zero-order chi connectivity index (χ0) is 21.3. The predicted octanol–water partition coefficient (Wildman–Crippen LogP) is 3.24. The highest BCUT2D eigenvalue weighted by Gasteiger charge is 2.38. The standard InChI is InChI=1S/C22H24BrClFN3O2/c23-18-6-3-16(11-19(18)25)22(30)28-13-20(21(29)14-28)27-9-7-26(8-10-27)12-15-1-4-17(24)5-2-15/h1-6,11,20-21,29H,7-10,12-14H2. The first-order valence-corrected chi connectivity index (χ1v) is 11.2. The summed E-state index contributed by atoms with van der Waals surface area (Å²) in [7, 11) is 0. The predicted molar refractivity (Wildman–Crippen MR) is 118 cm³/mol. The molecule has 0 aliphatic carbocycles. The van der Waals surface area contributed by atoms with E-state index in [9.17, 15) is 14.3 Å². The highest BCUT2D eigenvalue weighted by Crippen LogP contribution is 2.23. The number of nitrogens with zero attached hydrogens (tertiary/aromatic N) is 3. The van der Waals surface area contributed by atoms with Gasteiger partial charge in [-0.1, -0.05) is 23.7 Å². The van der Waals surface area contributed by atoms with Crippen LogP contribution in [0.5, 0.6) is 0 Å². The van der Waals surface area contributed by atoms with Gasteiger partial charge in [0.05, 0.1) is 16.6 Å². The lowest BCUT2D eigenvalue weighted by Gasteiger charge is -2.38. The largest absolute Gasteiger partial charge is 0.390 e. The third-order valence-electron chi connectivity index (χ3n) is 5.91. The molecule has 2 atom stereocenters. The Labute approximate surface area is 189 Å². The smallest absolute Gasteiger partial charge is 0.254 e. The van der Waals surface area contributed by atoms with Crippen LogP contribution in [0.15, 0.2) is 46.9 Å². The van der Waals surface area contributed by atoms with E-state index in [2.05, 4.69) is 25.7 Å². The highest BCUT2D eigenvalue weighted by molar-refractivity contribution is 9.10. The molecule has 2 heterocycles. The first-order chi connectivity index (χ1) is 14.4. The number of β-amino-alcohol motifs (C(OH)–C–C–N with tert-alkyl or cyclic N) is 1. The molecular weight excluding hydrogens is 473 g/mol. The summed E-state index contributed by atoms with van der Waals surface area (Å²) in [5.41, 5.74) is 1.53. The van der Waals surface area contributed by atoms with Gasteiger partial charge in [0, 0.05) is 56.4 Å². The van der Waals surface area contributed by atoms with E-state index < -0.39 is 11.9 Å². The zero-order valence-corrected chi connectivity index (χ0v) is 18.8. The number of likely N-dealkylation sites (tertiary alicyclic amines) is 1. The molecule has 2 aliphatic heterocycles. The monoisotopic (exact) mass is 495 g/mol. The van der Waals surface area contributed by atoms with Gasteiger partial charge in [-0.3, -0.25) is 14.6 Å². The topological polar surface area (TPSA) is 47.0 Å². The Bertz CT molecular complexity index is 906. The molecular formula is C22H24BrClFN3O2. The lowest BCUT2D eigenvalue weighted by Crippen LogP contribution is -2.53. The van der Waals surface area contributed by atoms with Crippen LogP contribution < -0.4 is 0 Å². The van der Waals surface area contributed by atoms with Crippen LogP contribution in [0.2, 0.25) is 5.02 Å². The van der Waals surface area contributed by atoms with Crippen LogP contribution in [0.4, 0.5) is 4.39 Å². The minimum absolute atomic E-state index is 0.0908. The molecule has 0 saturated carbocycles. The number of rotatable bonds is 4. The molecule has 2 fully saturated rings. The van der Waals surface area contributed by atoms with Crippen molar-refractivity contribution in [3.8, 4) is 0 Å².